The Kier molecular flexibility index (Phi) is 12.6. The Bertz CT molecular complexity index is 2300. The number of nitrogens with zero attached hydrogens (tertiary/aromatic N) is 4. The van der Waals surface area contributed by atoms with Crippen LogP contribution in [0, 0.1) is 6.92 Å². The van der Waals surface area contributed by atoms with Crippen LogP contribution in [0.2, 0.25) is 0 Å². The van der Waals surface area contributed by atoms with E-state index in [9.17, 15) is 0 Å². The minimum atomic E-state index is -0.447. The van der Waals surface area contributed by atoms with Crippen LogP contribution in [0.1, 0.15) is 162 Å². The zero-order valence-electron chi connectivity index (χ0n) is 41.1. The number of benzene rings is 3. The molecule has 1 spiro atoms. The van der Waals surface area contributed by atoms with Crippen LogP contribution >= 0.6 is 0 Å². The molecule has 4 atom stereocenters. The Labute approximate surface area is 377 Å². The van der Waals surface area contributed by atoms with Gasteiger partial charge in [0.15, 0.2) is 12.3 Å². The molecule has 0 amide bonds. The van der Waals surface area contributed by atoms with Gasteiger partial charge in [-0.25, -0.2) is 4.58 Å². The molecule has 0 aromatic heterocycles. The van der Waals surface area contributed by atoms with Crippen LogP contribution in [0.25, 0.3) is 16.3 Å². The van der Waals surface area contributed by atoms with Crippen molar-refractivity contribution in [2.75, 3.05) is 14.1 Å². The molecule has 3 unspecified atom stereocenters. The molecule has 4 aliphatic rings. The molecule has 3 aromatic carbocycles. The molecule has 3 saturated carbocycles. The van der Waals surface area contributed by atoms with Gasteiger partial charge in [-0.15, -0.1) is 0 Å². The predicted molar refractivity (Wildman–Crippen MR) is 267 cm³/mol. The summed E-state index contributed by atoms with van der Waals surface area (Å²) in [6, 6.07) is 24.3. The predicted octanol–water partition coefficient (Wildman–Crippen LogP) is 13.5. The number of aliphatic imine (C=N–C) groups is 1. The van der Waals surface area contributed by atoms with Crippen LogP contribution in [-0.4, -0.2) is 68.9 Å². The fraction of sp³-hybridized carbons (Fsp3) is 0.544. The highest BCUT2D eigenvalue weighted by Gasteiger charge is 3.03. The van der Waals surface area contributed by atoms with Gasteiger partial charge in [0.05, 0.1) is 12.6 Å². The van der Waals surface area contributed by atoms with Gasteiger partial charge in [0, 0.05) is 46.0 Å². The summed E-state index contributed by atoms with van der Waals surface area (Å²) in [5, 5.41) is 6.00. The zero-order chi connectivity index (χ0) is 44.9. The molecule has 0 bridgehead atoms. The first-order chi connectivity index (χ1) is 29.4. The summed E-state index contributed by atoms with van der Waals surface area (Å²) in [7, 11) is 4.48. The highest BCUT2D eigenvalue weighted by Crippen LogP contribution is 2.77. The SMILES string of the molecule is C=C(N=C(C)[N@@+](C)(C(C)(C)/C=C\C(=C\C)CC)C1(C)C(C)(c2ccc3cc(C(C)(C)C)ccc3c2C)C12N(C1CCCCC1)C=C(c1ccccc1)C=[N+]2C1CCCCC1)NC. The van der Waals surface area contributed by atoms with Gasteiger partial charge < -0.3 is 10.2 Å². The van der Waals surface area contributed by atoms with E-state index in [-0.39, 0.29) is 10.8 Å². The van der Waals surface area contributed by atoms with Crippen LogP contribution in [0.4, 0.5) is 0 Å². The van der Waals surface area contributed by atoms with Crippen LogP contribution in [0.15, 0.2) is 108 Å². The van der Waals surface area contributed by atoms with Crippen molar-refractivity contribution in [1.82, 2.24) is 10.2 Å². The number of allylic oxidation sites excluding steroid dienone is 4. The Morgan fingerprint density at radius 1 is 0.935 bits per heavy atom. The molecule has 3 aromatic rings. The van der Waals surface area contributed by atoms with Crippen molar-refractivity contribution in [2.24, 2.45) is 4.99 Å². The lowest BCUT2D eigenvalue weighted by Gasteiger charge is -2.52. The Balaban J connectivity index is 1.64. The van der Waals surface area contributed by atoms with Crippen molar-refractivity contribution in [2.45, 2.75) is 186 Å². The summed E-state index contributed by atoms with van der Waals surface area (Å²) in [6.07, 6.45) is 26.0. The molecule has 5 heteroatoms. The number of fused-ring (bicyclic) bond motifs is 1. The lowest BCUT2D eigenvalue weighted by molar-refractivity contribution is -0.914. The second-order valence-electron chi connectivity index (χ2n) is 21.3. The molecule has 7 rings (SSSR count). The van der Waals surface area contributed by atoms with Gasteiger partial charge in [0.25, 0.3) is 0 Å². The number of aryl methyl sites for hydroxylation is 1. The number of rotatable bonds is 11. The molecule has 1 aliphatic heterocycles. The van der Waals surface area contributed by atoms with E-state index in [0.29, 0.717) is 22.4 Å². The van der Waals surface area contributed by atoms with Crippen molar-refractivity contribution in [3.05, 3.63) is 125 Å². The Hall–Kier alpha value is -4.22. The lowest BCUT2D eigenvalue weighted by Crippen LogP contribution is -2.73. The Morgan fingerprint density at radius 2 is 1.58 bits per heavy atom. The van der Waals surface area contributed by atoms with Gasteiger partial charge >= 0.3 is 5.66 Å². The van der Waals surface area contributed by atoms with Crippen LogP contribution < -0.4 is 5.32 Å². The summed E-state index contributed by atoms with van der Waals surface area (Å²) in [5.74, 6) is 1.77. The van der Waals surface area contributed by atoms with E-state index in [2.05, 4.69) is 196 Å². The first-order valence-electron chi connectivity index (χ1n) is 24.3. The standard InChI is InChI=1S/C57H81N5/c1-15-44(16-2)36-37-54(9,10)62(14,43(5)59-42(4)58-13)56(12)55(11,52-35-32-46-38-48(53(6,7)8)33-34-51(46)41(52)3)57(56)60(49-28-22-18-23-29-49)39-47(45-26-20-17-21-27-45)40-61(57)50-30-24-19-25-31-50/h15,17,20-21,26-27,32-40,49-50,58H,4,16,18-19,22-25,28-31H2,1-3,5-14H3/q+2/b37-36-,44-15+,59-43?/t55?,56?,62-/m0/s1. The molecule has 62 heavy (non-hydrogen) atoms. The van der Waals surface area contributed by atoms with Crippen LogP contribution in [-0.2, 0) is 10.8 Å². The maximum atomic E-state index is 5.46. The van der Waals surface area contributed by atoms with Gasteiger partial charge in [-0.1, -0.05) is 138 Å². The molecule has 5 nitrogen and oxygen atoms in total. The summed E-state index contributed by atoms with van der Waals surface area (Å²) in [4.78, 5) is 8.46. The average Bonchev–Trinajstić information content (AvgIpc) is 3.72. The molecule has 0 saturated heterocycles. The lowest BCUT2D eigenvalue weighted by atomic mass is 9.81. The molecular formula is C57H81N5+2. The highest BCUT2D eigenvalue weighted by atomic mass is 15.6. The van der Waals surface area contributed by atoms with E-state index in [0.717, 1.165) is 12.3 Å². The number of likely N-dealkylation sites (N-methyl/N-ethyl adjacent to an activating group) is 1. The third kappa shape index (κ3) is 6.99. The van der Waals surface area contributed by atoms with Crippen molar-refractivity contribution in [3.63, 3.8) is 0 Å². The van der Waals surface area contributed by atoms with Crippen molar-refractivity contribution in [1.29, 1.82) is 0 Å². The molecule has 0 radical (unpaired) electrons. The third-order valence-corrected chi connectivity index (χ3v) is 17.1. The van der Waals surface area contributed by atoms with Crippen molar-refractivity contribution < 1.29 is 9.06 Å². The van der Waals surface area contributed by atoms with Crippen molar-refractivity contribution in [3.8, 4) is 0 Å². The quantitative estimate of drug-likeness (QED) is 0.0686. The first-order valence-corrected chi connectivity index (χ1v) is 24.3. The Morgan fingerprint density at radius 3 is 2.18 bits per heavy atom. The van der Waals surface area contributed by atoms with Crippen LogP contribution in [0.3, 0.4) is 0 Å². The molecular weight excluding hydrogens is 755 g/mol. The molecule has 3 aliphatic carbocycles. The summed E-state index contributed by atoms with van der Waals surface area (Å²) in [6.45, 7) is 30.9. The number of amidine groups is 1. The monoisotopic (exact) mass is 836 g/mol. The summed E-state index contributed by atoms with van der Waals surface area (Å²) < 4.78 is 3.60. The van der Waals surface area contributed by atoms with E-state index in [1.54, 1.807) is 0 Å². The maximum Gasteiger partial charge on any atom is 0.311 e. The minimum absolute atomic E-state index is 0.0742. The minimum Gasteiger partial charge on any atom is -0.373 e. The van der Waals surface area contributed by atoms with E-state index < -0.39 is 16.7 Å². The summed E-state index contributed by atoms with van der Waals surface area (Å²) in [5.41, 5.74) is 6.63. The van der Waals surface area contributed by atoms with Gasteiger partial charge in [0.1, 0.15) is 16.8 Å². The van der Waals surface area contributed by atoms with E-state index >= 15 is 0 Å². The largest absolute Gasteiger partial charge is 0.373 e. The normalized spacial score (nSPS) is 26.8. The zero-order valence-corrected chi connectivity index (χ0v) is 41.1. The second-order valence-corrected chi connectivity index (χ2v) is 21.3. The van der Waals surface area contributed by atoms with Crippen molar-refractivity contribution >= 4 is 28.4 Å². The smallest absolute Gasteiger partial charge is 0.311 e. The van der Waals surface area contributed by atoms with Gasteiger partial charge in [-0.2, -0.15) is 4.99 Å². The van der Waals surface area contributed by atoms with E-state index in [4.69, 9.17) is 4.99 Å². The number of nitrogens with one attached hydrogen (secondary N) is 1. The van der Waals surface area contributed by atoms with E-state index in [1.807, 2.05) is 7.05 Å². The molecule has 1 N–H and O–H groups in total. The van der Waals surface area contributed by atoms with Gasteiger partial charge in [0.2, 0.25) is 11.4 Å². The fourth-order valence-electron chi connectivity index (χ4n) is 13.0. The highest BCUT2D eigenvalue weighted by molar-refractivity contribution is 6.08. The molecule has 3 fully saturated rings. The average molecular weight is 836 g/mol. The summed E-state index contributed by atoms with van der Waals surface area (Å²) >= 11 is 0. The number of hydrogen-bond acceptors (Lipinski definition) is 3. The number of quaternary nitrogens is 1. The third-order valence-electron chi connectivity index (χ3n) is 17.1. The van der Waals surface area contributed by atoms with Gasteiger partial charge in [-0.05, 0) is 111 Å². The molecule has 1 heterocycles. The second kappa shape index (κ2) is 17.1. The van der Waals surface area contributed by atoms with Gasteiger partial charge in [-0.3, -0.25) is 4.48 Å². The maximum absolute atomic E-state index is 5.46. The first kappa shape index (κ1) is 45.8. The molecule has 332 valence electrons. The fourth-order valence-corrected chi connectivity index (χ4v) is 13.0. The topological polar surface area (TPSA) is 30.6 Å². The van der Waals surface area contributed by atoms with Crippen LogP contribution in [0.5, 0.6) is 0 Å². The van der Waals surface area contributed by atoms with E-state index in [1.165, 1.54) is 108 Å². The number of hydrogen-bond donors (Lipinski definition) is 1.